The van der Waals surface area contributed by atoms with Gasteiger partial charge in [0.15, 0.2) is 0 Å². The minimum atomic E-state index is -0.961. The van der Waals surface area contributed by atoms with E-state index in [1.165, 1.54) is 4.90 Å². The van der Waals surface area contributed by atoms with Gasteiger partial charge in [-0.3, -0.25) is 19.3 Å². The average molecular weight is 522 g/mol. The molecule has 39 heavy (non-hydrogen) atoms. The molecule has 1 heterocycles. The summed E-state index contributed by atoms with van der Waals surface area (Å²) in [5, 5.41) is 9.31. The Bertz CT molecular complexity index is 1420. The Balaban J connectivity index is 1.63. The Hall–Kier alpha value is -4.78. The van der Waals surface area contributed by atoms with Crippen molar-refractivity contribution in [1.82, 2.24) is 9.88 Å². The van der Waals surface area contributed by atoms with E-state index >= 15 is 0 Å². The molecule has 4 rings (SSSR count). The van der Waals surface area contributed by atoms with E-state index in [1.807, 2.05) is 60.7 Å². The minimum absolute atomic E-state index is 0.0975. The van der Waals surface area contributed by atoms with Gasteiger partial charge < -0.3 is 10.0 Å². The summed E-state index contributed by atoms with van der Waals surface area (Å²) < 4.78 is 0. The number of aliphatic carboxylic acids is 1. The third-order valence-electron chi connectivity index (χ3n) is 6.52. The number of anilines is 1. The second-order valence-electron chi connectivity index (χ2n) is 9.17. The number of benzene rings is 3. The summed E-state index contributed by atoms with van der Waals surface area (Å²) in [4.78, 5) is 46.1. The summed E-state index contributed by atoms with van der Waals surface area (Å²) in [5.41, 5.74) is 3.25. The van der Waals surface area contributed by atoms with Crippen molar-refractivity contribution in [3.8, 4) is 11.1 Å². The molecule has 0 bridgehead atoms. The molecule has 0 atom stereocenters. The zero-order valence-electron chi connectivity index (χ0n) is 21.9. The van der Waals surface area contributed by atoms with E-state index in [4.69, 9.17) is 0 Å². The molecule has 0 saturated carbocycles. The van der Waals surface area contributed by atoms with Crippen LogP contribution in [0.25, 0.3) is 11.1 Å². The summed E-state index contributed by atoms with van der Waals surface area (Å²) in [6, 6.07) is 29.7. The van der Waals surface area contributed by atoms with E-state index in [0.29, 0.717) is 41.0 Å². The molecule has 0 aliphatic heterocycles. The van der Waals surface area contributed by atoms with Gasteiger partial charge in [0.05, 0.1) is 6.42 Å². The molecule has 3 aromatic carbocycles. The van der Waals surface area contributed by atoms with Crippen molar-refractivity contribution >= 4 is 23.6 Å². The number of carboxylic acids is 1. The smallest absolute Gasteiger partial charge is 0.305 e. The quantitative estimate of drug-likeness (QED) is 0.278. The lowest BCUT2D eigenvalue weighted by Crippen LogP contribution is -2.34. The first kappa shape index (κ1) is 27.3. The van der Waals surface area contributed by atoms with Crippen LogP contribution in [0.5, 0.6) is 0 Å². The lowest BCUT2D eigenvalue weighted by atomic mass is 9.94. The molecule has 4 aromatic rings. The number of nitrogens with zero attached hydrogens (tertiary/aromatic N) is 3. The normalized spacial score (nSPS) is 10.6. The molecule has 0 radical (unpaired) electrons. The van der Waals surface area contributed by atoms with Crippen LogP contribution in [0.4, 0.5) is 5.82 Å². The molecule has 2 amide bonds. The highest BCUT2D eigenvalue weighted by Crippen LogP contribution is 2.30. The van der Waals surface area contributed by atoms with Crippen LogP contribution >= 0.6 is 0 Å². The van der Waals surface area contributed by atoms with Gasteiger partial charge in [0.2, 0.25) is 0 Å². The van der Waals surface area contributed by atoms with Crippen molar-refractivity contribution in [2.24, 2.45) is 0 Å². The zero-order chi connectivity index (χ0) is 27.6. The number of hydrogen-bond donors (Lipinski definition) is 1. The summed E-state index contributed by atoms with van der Waals surface area (Å²) >= 11 is 0. The number of hydrogen-bond acceptors (Lipinski definition) is 4. The van der Waals surface area contributed by atoms with Gasteiger partial charge in [-0.15, -0.1) is 0 Å². The summed E-state index contributed by atoms with van der Waals surface area (Å²) in [6.07, 6.45) is 2.95. The Morgan fingerprint density at radius 3 is 1.92 bits per heavy atom. The number of carbonyl (C=O) groups excluding carboxylic acids is 2. The number of aryl methyl sites for hydroxylation is 1. The molecule has 7 nitrogen and oxygen atoms in total. The van der Waals surface area contributed by atoms with Gasteiger partial charge in [0.1, 0.15) is 5.82 Å². The van der Waals surface area contributed by atoms with Gasteiger partial charge >= 0.3 is 5.97 Å². The molecule has 0 saturated heterocycles. The van der Waals surface area contributed by atoms with Crippen LogP contribution in [-0.2, 0) is 11.2 Å². The fourth-order valence-corrected chi connectivity index (χ4v) is 4.48. The lowest BCUT2D eigenvalue weighted by Gasteiger charge is -2.24. The van der Waals surface area contributed by atoms with Gasteiger partial charge in [-0.25, -0.2) is 4.98 Å². The number of rotatable bonds is 11. The van der Waals surface area contributed by atoms with Crippen molar-refractivity contribution in [3.05, 3.63) is 120 Å². The molecule has 0 spiro atoms. The van der Waals surface area contributed by atoms with E-state index in [0.717, 1.165) is 12.0 Å². The molecular formula is C32H31N3O4. The van der Waals surface area contributed by atoms with Crippen LogP contribution in [0.15, 0.2) is 103 Å². The van der Waals surface area contributed by atoms with Crippen LogP contribution in [-0.4, -0.2) is 52.9 Å². The first-order valence-corrected chi connectivity index (χ1v) is 12.9. The monoisotopic (exact) mass is 521 g/mol. The average Bonchev–Trinajstić information content (AvgIpc) is 2.98. The predicted molar refractivity (Wildman–Crippen MR) is 152 cm³/mol. The molecule has 1 N–H and O–H groups in total. The Kier molecular flexibility index (Phi) is 9.19. The van der Waals surface area contributed by atoms with Crippen molar-refractivity contribution in [3.63, 3.8) is 0 Å². The Morgan fingerprint density at radius 2 is 1.31 bits per heavy atom. The maximum Gasteiger partial charge on any atom is 0.305 e. The van der Waals surface area contributed by atoms with E-state index in [2.05, 4.69) is 4.98 Å². The molecule has 7 heteroatoms. The fraction of sp³-hybridized carbons (Fsp3) is 0.188. The van der Waals surface area contributed by atoms with Gasteiger partial charge in [-0.2, -0.15) is 0 Å². The summed E-state index contributed by atoms with van der Waals surface area (Å²) in [7, 11) is 1.67. The molecular weight excluding hydrogens is 490 g/mol. The molecule has 198 valence electrons. The highest BCUT2D eigenvalue weighted by molar-refractivity contribution is 6.11. The van der Waals surface area contributed by atoms with Crippen LogP contribution in [0.1, 0.15) is 39.1 Å². The lowest BCUT2D eigenvalue weighted by molar-refractivity contribution is -0.137. The van der Waals surface area contributed by atoms with Crippen LogP contribution in [0.3, 0.4) is 0 Å². The van der Waals surface area contributed by atoms with Crippen molar-refractivity contribution in [2.75, 3.05) is 25.0 Å². The summed E-state index contributed by atoms with van der Waals surface area (Å²) in [6.45, 7) is 0.513. The first-order valence-electron chi connectivity index (χ1n) is 12.9. The van der Waals surface area contributed by atoms with E-state index in [-0.39, 0.29) is 24.8 Å². The van der Waals surface area contributed by atoms with E-state index < -0.39 is 5.97 Å². The molecule has 0 unspecified atom stereocenters. The summed E-state index contributed by atoms with van der Waals surface area (Å²) in [5.74, 6) is -0.963. The third kappa shape index (κ3) is 6.96. The van der Waals surface area contributed by atoms with Gasteiger partial charge in [-0.05, 0) is 53.8 Å². The van der Waals surface area contributed by atoms with E-state index in [1.54, 1.807) is 54.5 Å². The number of carboxylic acid groups (broad SMARTS) is 1. The largest absolute Gasteiger partial charge is 0.481 e. The van der Waals surface area contributed by atoms with Crippen LogP contribution in [0, 0.1) is 0 Å². The number of carbonyl (C=O) groups is 3. The first-order chi connectivity index (χ1) is 19.0. The number of amides is 2. The Morgan fingerprint density at radius 1 is 0.718 bits per heavy atom. The van der Waals surface area contributed by atoms with Gasteiger partial charge in [0, 0.05) is 37.5 Å². The zero-order valence-corrected chi connectivity index (χ0v) is 21.9. The highest BCUT2D eigenvalue weighted by atomic mass is 16.4. The fourth-order valence-electron chi connectivity index (χ4n) is 4.48. The molecule has 0 aliphatic rings. The second kappa shape index (κ2) is 13.1. The molecule has 0 aliphatic carbocycles. The maximum absolute atomic E-state index is 13.9. The van der Waals surface area contributed by atoms with Crippen molar-refractivity contribution < 1.29 is 19.5 Å². The number of pyridine rings is 1. The second-order valence-corrected chi connectivity index (χ2v) is 9.17. The highest BCUT2D eigenvalue weighted by Gasteiger charge is 2.24. The van der Waals surface area contributed by atoms with Crippen LogP contribution < -0.4 is 4.90 Å². The third-order valence-corrected chi connectivity index (χ3v) is 6.52. The predicted octanol–water partition coefficient (Wildman–Crippen LogP) is 5.57. The van der Waals surface area contributed by atoms with Crippen LogP contribution in [0.2, 0.25) is 0 Å². The van der Waals surface area contributed by atoms with Crippen molar-refractivity contribution in [1.29, 1.82) is 0 Å². The van der Waals surface area contributed by atoms with Gasteiger partial charge in [-0.1, -0.05) is 72.8 Å². The minimum Gasteiger partial charge on any atom is -0.481 e. The number of aromatic nitrogens is 1. The maximum atomic E-state index is 13.9. The standard InChI is InChI=1S/C32H31N3O4/c1-34(29-19-9-10-21-33-29)31(38)27-17-7-5-15-25(27)26-16-6-8-18-28(26)32(39)35(23-20-30(36)37)22-11-14-24-12-3-2-4-13-24/h2-10,12-13,15-19,21H,11,14,20,22-23H2,1H3,(H,36,37). The SMILES string of the molecule is CN(C(=O)c1ccccc1-c1ccccc1C(=O)N(CCCc1ccccc1)CCC(=O)O)c1ccccn1. The van der Waals surface area contributed by atoms with E-state index in [9.17, 15) is 19.5 Å². The topological polar surface area (TPSA) is 90.8 Å². The van der Waals surface area contributed by atoms with Gasteiger partial charge in [0.25, 0.3) is 11.8 Å². The van der Waals surface area contributed by atoms with Crippen molar-refractivity contribution in [2.45, 2.75) is 19.3 Å². The Labute approximate surface area is 228 Å². The molecule has 1 aromatic heterocycles. The molecule has 0 fully saturated rings.